The molecule has 0 amide bonds. The van der Waals surface area contributed by atoms with Gasteiger partial charge in [-0.3, -0.25) is 4.98 Å². The van der Waals surface area contributed by atoms with Crippen molar-refractivity contribution in [3.63, 3.8) is 0 Å². The number of nitrogens with zero attached hydrogens (tertiary/aromatic N) is 1. The molecule has 0 saturated heterocycles. The number of furan rings is 1. The summed E-state index contributed by atoms with van der Waals surface area (Å²) in [5.41, 5.74) is 3.00. The highest BCUT2D eigenvalue weighted by Crippen LogP contribution is 2.25. The summed E-state index contributed by atoms with van der Waals surface area (Å²) in [6.45, 7) is 1.94. The fourth-order valence-electron chi connectivity index (χ4n) is 2.36. The van der Waals surface area contributed by atoms with Gasteiger partial charge in [-0.05, 0) is 36.2 Å². The fourth-order valence-corrected chi connectivity index (χ4v) is 2.36. The Kier molecular flexibility index (Phi) is 3.05. The molecule has 0 aliphatic rings. The highest BCUT2D eigenvalue weighted by atomic mass is 16.4. The van der Waals surface area contributed by atoms with Crippen molar-refractivity contribution in [2.75, 3.05) is 0 Å². The van der Waals surface area contributed by atoms with Gasteiger partial charge in [-0.2, -0.15) is 0 Å². The molecule has 19 heavy (non-hydrogen) atoms. The molecule has 0 bridgehead atoms. The van der Waals surface area contributed by atoms with Gasteiger partial charge in [0.1, 0.15) is 11.9 Å². The lowest BCUT2D eigenvalue weighted by atomic mass is 10.0. The summed E-state index contributed by atoms with van der Waals surface area (Å²) in [5.74, 6) is 0.640. The summed E-state index contributed by atoms with van der Waals surface area (Å²) in [4.78, 5) is 4.32. The first-order chi connectivity index (χ1) is 9.25. The normalized spacial score (nSPS) is 12.7. The molecule has 3 aromatic rings. The Morgan fingerprint density at radius 1 is 1.21 bits per heavy atom. The molecule has 3 heteroatoms. The van der Waals surface area contributed by atoms with Crippen LogP contribution in [0, 0.1) is 6.92 Å². The molecule has 0 aliphatic heterocycles. The highest BCUT2D eigenvalue weighted by Gasteiger charge is 2.15. The van der Waals surface area contributed by atoms with E-state index in [0.717, 1.165) is 22.0 Å². The number of benzene rings is 1. The number of aliphatic hydroxyl groups excluding tert-OH is 1. The summed E-state index contributed by atoms with van der Waals surface area (Å²) >= 11 is 0. The standard InChI is InChI=1S/C16H15NO2/c1-11-7-9-19-16(11)15(18)10-12-6-8-17-14-5-3-2-4-13(12)14/h2-9,15,18H,10H2,1H3. The summed E-state index contributed by atoms with van der Waals surface area (Å²) in [6.07, 6.45) is 3.29. The molecular weight excluding hydrogens is 238 g/mol. The molecule has 1 N–H and O–H groups in total. The number of fused-ring (bicyclic) bond motifs is 1. The molecule has 1 unspecified atom stereocenters. The van der Waals surface area contributed by atoms with Crippen LogP contribution in [0.25, 0.3) is 10.9 Å². The van der Waals surface area contributed by atoms with E-state index >= 15 is 0 Å². The van der Waals surface area contributed by atoms with Crippen molar-refractivity contribution >= 4 is 10.9 Å². The van der Waals surface area contributed by atoms with Crippen LogP contribution in [0.2, 0.25) is 0 Å². The third-order valence-corrected chi connectivity index (χ3v) is 3.36. The van der Waals surface area contributed by atoms with Crippen molar-refractivity contribution in [2.45, 2.75) is 19.4 Å². The van der Waals surface area contributed by atoms with Gasteiger partial charge in [-0.1, -0.05) is 18.2 Å². The van der Waals surface area contributed by atoms with Gasteiger partial charge in [0.2, 0.25) is 0 Å². The Bertz CT molecular complexity index is 697. The average molecular weight is 253 g/mol. The molecular formula is C16H15NO2. The Hall–Kier alpha value is -2.13. The van der Waals surface area contributed by atoms with Gasteiger partial charge in [-0.15, -0.1) is 0 Å². The Balaban J connectivity index is 1.96. The number of hydrogen-bond acceptors (Lipinski definition) is 3. The van der Waals surface area contributed by atoms with Gasteiger partial charge < -0.3 is 9.52 Å². The number of pyridine rings is 1. The molecule has 0 saturated carbocycles. The topological polar surface area (TPSA) is 46.3 Å². The van der Waals surface area contributed by atoms with E-state index in [1.807, 2.05) is 43.3 Å². The monoisotopic (exact) mass is 253 g/mol. The Labute approximate surface area is 111 Å². The second-order valence-corrected chi connectivity index (χ2v) is 4.68. The molecule has 2 heterocycles. The maximum atomic E-state index is 10.3. The van der Waals surface area contributed by atoms with Crippen molar-refractivity contribution in [2.24, 2.45) is 0 Å². The maximum absolute atomic E-state index is 10.3. The largest absolute Gasteiger partial charge is 0.466 e. The van der Waals surface area contributed by atoms with Gasteiger partial charge >= 0.3 is 0 Å². The highest BCUT2D eigenvalue weighted by molar-refractivity contribution is 5.81. The molecule has 0 aliphatic carbocycles. The van der Waals surface area contributed by atoms with Crippen LogP contribution in [0.4, 0.5) is 0 Å². The van der Waals surface area contributed by atoms with E-state index in [-0.39, 0.29) is 0 Å². The van der Waals surface area contributed by atoms with Gasteiger partial charge in [0.25, 0.3) is 0 Å². The number of rotatable bonds is 3. The van der Waals surface area contributed by atoms with Gasteiger partial charge in [0, 0.05) is 18.0 Å². The predicted octanol–water partition coefficient (Wildman–Crippen LogP) is 3.41. The predicted molar refractivity (Wildman–Crippen MR) is 73.9 cm³/mol. The van der Waals surface area contributed by atoms with Crippen LogP contribution in [-0.4, -0.2) is 10.1 Å². The first-order valence-electron chi connectivity index (χ1n) is 6.30. The van der Waals surface area contributed by atoms with Crippen LogP contribution in [0.1, 0.15) is 23.0 Å². The van der Waals surface area contributed by atoms with Crippen LogP contribution < -0.4 is 0 Å². The van der Waals surface area contributed by atoms with E-state index < -0.39 is 6.10 Å². The lowest BCUT2D eigenvalue weighted by Gasteiger charge is -2.11. The van der Waals surface area contributed by atoms with Crippen molar-refractivity contribution in [1.29, 1.82) is 0 Å². The fraction of sp³-hybridized carbons (Fsp3) is 0.188. The zero-order chi connectivity index (χ0) is 13.2. The van der Waals surface area contributed by atoms with Crippen LogP contribution >= 0.6 is 0 Å². The summed E-state index contributed by atoms with van der Waals surface area (Å²) < 4.78 is 5.34. The molecule has 0 fully saturated rings. The number of hydrogen-bond donors (Lipinski definition) is 1. The zero-order valence-electron chi connectivity index (χ0n) is 10.7. The van der Waals surface area contributed by atoms with E-state index in [1.54, 1.807) is 12.5 Å². The van der Waals surface area contributed by atoms with Gasteiger partial charge in [0.05, 0.1) is 11.8 Å². The van der Waals surface area contributed by atoms with Crippen molar-refractivity contribution in [1.82, 2.24) is 4.98 Å². The van der Waals surface area contributed by atoms with Crippen molar-refractivity contribution in [3.8, 4) is 0 Å². The van der Waals surface area contributed by atoms with Crippen LogP contribution in [0.5, 0.6) is 0 Å². The first kappa shape index (κ1) is 11.9. The van der Waals surface area contributed by atoms with Crippen LogP contribution in [0.15, 0.2) is 53.3 Å². The SMILES string of the molecule is Cc1ccoc1C(O)Cc1ccnc2ccccc12. The smallest absolute Gasteiger partial charge is 0.135 e. The number of para-hydroxylation sites is 1. The molecule has 0 radical (unpaired) electrons. The summed E-state index contributed by atoms with van der Waals surface area (Å²) in [6, 6.07) is 11.8. The average Bonchev–Trinajstić information content (AvgIpc) is 2.85. The van der Waals surface area contributed by atoms with E-state index in [0.29, 0.717) is 12.2 Å². The number of aliphatic hydroxyl groups is 1. The van der Waals surface area contributed by atoms with Gasteiger partial charge in [0.15, 0.2) is 0 Å². The van der Waals surface area contributed by atoms with E-state index in [2.05, 4.69) is 4.98 Å². The molecule has 3 rings (SSSR count). The summed E-state index contributed by atoms with van der Waals surface area (Å²) in [7, 11) is 0. The Morgan fingerprint density at radius 3 is 2.84 bits per heavy atom. The quantitative estimate of drug-likeness (QED) is 0.778. The van der Waals surface area contributed by atoms with Crippen LogP contribution in [-0.2, 0) is 6.42 Å². The zero-order valence-corrected chi connectivity index (χ0v) is 10.7. The number of aromatic nitrogens is 1. The second kappa shape index (κ2) is 4.86. The minimum absolute atomic E-state index is 0.525. The van der Waals surface area contributed by atoms with Crippen molar-refractivity contribution in [3.05, 3.63) is 65.7 Å². The molecule has 1 atom stereocenters. The minimum atomic E-state index is -0.624. The van der Waals surface area contributed by atoms with Crippen LogP contribution in [0.3, 0.4) is 0 Å². The molecule has 96 valence electrons. The lowest BCUT2D eigenvalue weighted by Crippen LogP contribution is -2.02. The number of aryl methyl sites for hydroxylation is 1. The molecule has 3 nitrogen and oxygen atoms in total. The third kappa shape index (κ3) is 2.25. The molecule has 0 spiro atoms. The summed E-state index contributed by atoms with van der Waals surface area (Å²) in [5, 5.41) is 11.4. The maximum Gasteiger partial charge on any atom is 0.135 e. The Morgan fingerprint density at radius 2 is 2.05 bits per heavy atom. The lowest BCUT2D eigenvalue weighted by molar-refractivity contribution is 0.149. The minimum Gasteiger partial charge on any atom is -0.466 e. The van der Waals surface area contributed by atoms with E-state index in [9.17, 15) is 5.11 Å². The van der Waals surface area contributed by atoms with Gasteiger partial charge in [-0.25, -0.2) is 0 Å². The second-order valence-electron chi connectivity index (χ2n) is 4.68. The van der Waals surface area contributed by atoms with E-state index in [1.165, 1.54) is 0 Å². The van der Waals surface area contributed by atoms with Crippen molar-refractivity contribution < 1.29 is 9.52 Å². The van der Waals surface area contributed by atoms with E-state index in [4.69, 9.17) is 4.42 Å². The first-order valence-corrected chi connectivity index (χ1v) is 6.30. The third-order valence-electron chi connectivity index (χ3n) is 3.36. The molecule has 2 aromatic heterocycles. The molecule has 1 aromatic carbocycles.